The number of amides is 1. The Kier molecular flexibility index (Phi) is 3.84. The van der Waals surface area contributed by atoms with Crippen LogP contribution in [-0.2, 0) is 24.8 Å². The van der Waals surface area contributed by atoms with Gasteiger partial charge in [0.2, 0.25) is 0 Å². The molecule has 2 N–H and O–H groups in total. The first-order chi connectivity index (χ1) is 10.8. The Labute approximate surface area is 137 Å². The van der Waals surface area contributed by atoms with Crippen molar-refractivity contribution in [3.05, 3.63) is 35.5 Å². The number of aromatic nitrogens is 1. The number of fused-ring (bicyclic) bond motifs is 3. The Bertz CT molecular complexity index is 743. The SMILES string of the molecule is Cn1c2c(c3ccccc31)CC(CN)N(C(=O)OC(C)(C)C)C2. The Balaban J connectivity index is 2.00. The summed E-state index contributed by atoms with van der Waals surface area (Å²) < 4.78 is 7.74. The van der Waals surface area contributed by atoms with Crippen molar-refractivity contribution in [3.63, 3.8) is 0 Å². The second kappa shape index (κ2) is 5.57. The van der Waals surface area contributed by atoms with Gasteiger partial charge in [-0.05, 0) is 38.8 Å². The number of aryl methyl sites for hydroxylation is 1. The number of rotatable bonds is 1. The molecule has 2 aromatic rings. The van der Waals surface area contributed by atoms with Crippen LogP contribution in [0.3, 0.4) is 0 Å². The molecule has 0 fully saturated rings. The predicted molar refractivity (Wildman–Crippen MR) is 91.2 cm³/mol. The third-order valence-electron chi connectivity index (χ3n) is 4.44. The molecule has 3 rings (SSSR count). The van der Waals surface area contributed by atoms with Crippen LogP contribution in [-0.4, -0.2) is 33.7 Å². The zero-order valence-electron chi connectivity index (χ0n) is 14.3. The van der Waals surface area contributed by atoms with E-state index in [1.807, 2.05) is 26.8 Å². The second-order valence-corrected chi connectivity index (χ2v) is 7.20. The summed E-state index contributed by atoms with van der Waals surface area (Å²) in [6, 6.07) is 8.33. The predicted octanol–water partition coefficient (Wildman–Crippen LogP) is 2.80. The quantitative estimate of drug-likeness (QED) is 0.880. The van der Waals surface area contributed by atoms with Gasteiger partial charge in [0, 0.05) is 30.2 Å². The molecule has 0 radical (unpaired) electrons. The molecule has 124 valence electrons. The first-order valence-electron chi connectivity index (χ1n) is 8.06. The van der Waals surface area contributed by atoms with E-state index < -0.39 is 5.60 Å². The summed E-state index contributed by atoms with van der Waals surface area (Å²) >= 11 is 0. The lowest BCUT2D eigenvalue weighted by Crippen LogP contribution is -2.49. The number of carbonyl (C=O) groups is 1. The van der Waals surface area contributed by atoms with Crippen LogP contribution >= 0.6 is 0 Å². The number of para-hydroxylation sites is 1. The van der Waals surface area contributed by atoms with Crippen LogP contribution in [0.5, 0.6) is 0 Å². The fourth-order valence-corrected chi connectivity index (χ4v) is 3.33. The maximum atomic E-state index is 12.6. The van der Waals surface area contributed by atoms with E-state index in [-0.39, 0.29) is 12.1 Å². The monoisotopic (exact) mass is 315 g/mol. The van der Waals surface area contributed by atoms with Crippen LogP contribution < -0.4 is 5.73 Å². The van der Waals surface area contributed by atoms with Crippen LogP contribution in [0.1, 0.15) is 32.0 Å². The minimum absolute atomic E-state index is 0.0249. The van der Waals surface area contributed by atoms with Crippen molar-refractivity contribution in [2.45, 2.75) is 45.4 Å². The smallest absolute Gasteiger partial charge is 0.410 e. The summed E-state index contributed by atoms with van der Waals surface area (Å²) in [5.41, 5.74) is 9.11. The summed E-state index contributed by atoms with van der Waals surface area (Å²) in [4.78, 5) is 14.3. The van der Waals surface area contributed by atoms with Gasteiger partial charge in [0.05, 0.1) is 12.6 Å². The van der Waals surface area contributed by atoms with Crippen molar-refractivity contribution < 1.29 is 9.53 Å². The average molecular weight is 315 g/mol. The van der Waals surface area contributed by atoms with E-state index in [0.717, 1.165) is 6.42 Å². The molecule has 1 atom stereocenters. The van der Waals surface area contributed by atoms with E-state index in [1.54, 1.807) is 4.90 Å². The Morgan fingerprint density at radius 2 is 2.04 bits per heavy atom. The van der Waals surface area contributed by atoms with Gasteiger partial charge in [0.25, 0.3) is 0 Å². The molecule has 1 aromatic carbocycles. The number of nitrogens with zero attached hydrogens (tertiary/aromatic N) is 2. The second-order valence-electron chi connectivity index (χ2n) is 7.20. The summed E-state index contributed by atoms with van der Waals surface area (Å²) in [5.74, 6) is 0. The van der Waals surface area contributed by atoms with E-state index in [1.165, 1.54) is 22.2 Å². The lowest BCUT2D eigenvalue weighted by atomic mass is 9.97. The topological polar surface area (TPSA) is 60.5 Å². The number of nitrogens with two attached hydrogens (primary N) is 1. The van der Waals surface area contributed by atoms with Gasteiger partial charge in [0.1, 0.15) is 5.60 Å². The van der Waals surface area contributed by atoms with Gasteiger partial charge in [-0.25, -0.2) is 4.79 Å². The lowest BCUT2D eigenvalue weighted by molar-refractivity contribution is 0.0123. The highest BCUT2D eigenvalue weighted by Gasteiger charge is 2.34. The van der Waals surface area contributed by atoms with Crippen molar-refractivity contribution in [2.75, 3.05) is 6.54 Å². The van der Waals surface area contributed by atoms with Crippen molar-refractivity contribution in [3.8, 4) is 0 Å². The molecule has 0 aliphatic carbocycles. The van der Waals surface area contributed by atoms with Crippen molar-refractivity contribution in [1.82, 2.24) is 9.47 Å². The van der Waals surface area contributed by atoms with Crippen LogP contribution in [0.25, 0.3) is 10.9 Å². The summed E-state index contributed by atoms with van der Waals surface area (Å²) in [6.07, 6.45) is 0.482. The fourth-order valence-electron chi connectivity index (χ4n) is 3.33. The van der Waals surface area contributed by atoms with Crippen molar-refractivity contribution in [2.24, 2.45) is 12.8 Å². The van der Waals surface area contributed by atoms with Gasteiger partial charge < -0.3 is 15.0 Å². The number of hydrogen-bond donors (Lipinski definition) is 1. The van der Waals surface area contributed by atoms with E-state index in [4.69, 9.17) is 10.5 Å². The molecule has 5 heteroatoms. The highest BCUT2D eigenvalue weighted by molar-refractivity contribution is 5.86. The maximum absolute atomic E-state index is 12.6. The highest BCUT2D eigenvalue weighted by atomic mass is 16.6. The minimum Gasteiger partial charge on any atom is -0.444 e. The fraction of sp³-hybridized carbons (Fsp3) is 0.500. The molecule has 1 unspecified atom stereocenters. The normalized spacial score (nSPS) is 18.1. The molecule has 0 spiro atoms. The molecular weight excluding hydrogens is 290 g/mol. The largest absolute Gasteiger partial charge is 0.444 e. The highest BCUT2D eigenvalue weighted by Crippen LogP contribution is 2.32. The van der Waals surface area contributed by atoms with Gasteiger partial charge in [-0.2, -0.15) is 0 Å². The van der Waals surface area contributed by atoms with Gasteiger partial charge in [-0.3, -0.25) is 4.90 Å². The number of benzene rings is 1. The Hall–Kier alpha value is -2.01. The first-order valence-corrected chi connectivity index (χ1v) is 8.06. The summed E-state index contributed by atoms with van der Waals surface area (Å²) in [5, 5.41) is 1.26. The molecule has 5 nitrogen and oxygen atoms in total. The van der Waals surface area contributed by atoms with Crippen LogP contribution in [0.2, 0.25) is 0 Å². The molecule has 1 aliphatic heterocycles. The van der Waals surface area contributed by atoms with Gasteiger partial charge in [-0.1, -0.05) is 18.2 Å². The standard InChI is InChI=1S/C18H25N3O2/c1-18(2,3)23-17(22)21-11-16-14(9-12(21)10-19)13-7-5-6-8-15(13)20(16)4/h5-8,12H,9-11,19H2,1-4H3. The van der Waals surface area contributed by atoms with E-state index in [9.17, 15) is 4.79 Å². The third-order valence-corrected chi connectivity index (χ3v) is 4.44. The van der Waals surface area contributed by atoms with Crippen molar-refractivity contribution >= 4 is 17.0 Å². The maximum Gasteiger partial charge on any atom is 0.410 e. The Morgan fingerprint density at radius 3 is 2.70 bits per heavy atom. The molecule has 1 aliphatic rings. The van der Waals surface area contributed by atoms with Gasteiger partial charge >= 0.3 is 6.09 Å². The van der Waals surface area contributed by atoms with E-state index in [2.05, 4.69) is 29.8 Å². The lowest BCUT2D eigenvalue weighted by Gasteiger charge is -2.36. The van der Waals surface area contributed by atoms with E-state index in [0.29, 0.717) is 13.1 Å². The Morgan fingerprint density at radius 1 is 1.35 bits per heavy atom. The number of hydrogen-bond acceptors (Lipinski definition) is 3. The molecule has 1 aromatic heterocycles. The summed E-state index contributed by atoms with van der Waals surface area (Å²) in [7, 11) is 2.05. The third kappa shape index (κ3) is 2.81. The number of carbonyl (C=O) groups excluding carboxylic acids is 1. The minimum atomic E-state index is -0.505. The molecule has 1 amide bonds. The average Bonchev–Trinajstić information content (AvgIpc) is 2.77. The first kappa shape index (κ1) is 15.9. The van der Waals surface area contributed by atoms with Crippen molar-refractivity contribution in [1.29, 1.82) is 0 Å². The van der Waals surface area contributed by atoms with Crippen LogP contribution in [0.15, 0.2) is 24.3 Å². The van der Waals surface area contributed by atoms with Gasteiger partial charge in [-0.15, -0.1) is 0 Å². The summed E-state index contributed by atoms with van der Waals surface area (Å²) in [6.45, 7) is 6.62. The molecule has 0 saturated carbocycles. The number of ether oxygens (including phenoxy) is 1. The molecular formula is C18H25N3O2. The zero-order valence-corrected chi connectivity index (χ0v) is 14.3. The zero-order chi connectivity index (χ0) is 16.8. The van der Waals surface area contributed by atoms with Gasteiger partial charge in [0.15, 0.2) is 0 Å². The molecule has 0 bridgehead atoms. The molecule has 0 saturated heterocycles. The molecule has 2 heterocycles. The molecule has 23 heavy (non-hydrogen) atoms. The van der Waals surface area contributed by atoms with Crippen LogP contribution in [0.4, 0.5) is 4.79 Å². The van der Waals surface area contributed by atoms with Crippen LogP contribution in [0, 0.1) is 0 Å². The van der Waals surface area contributed by atoms with E-state index >= 15 is 0 Å².